The standard InChI is InChI=1S/C54H40IN3/c55-45-29-39-54(40-30-45)58(52-35-25-43(26-36-52)41-21-31-50(32-22-41)56(46-13-5-1-6-14-46)47-15-7-2-8-16-47)53-37-27-44(28-38-53)42-23-33-51(34-24-42)57(48-17-9-3-10-18-48)49-19-11-4-12-20-49/h1-40H. The number of halogens is 1. The van der Waals surface area contributed by atoms with Crippen molar-refractivity contribution in [3.05, 3.63) is 246 Å². The maximum Gasteiger partial charge on any atom is 0.0462 e. The monoisotopic (exact) mass is 857 g/mol. The van der Waals surface area contributed by atoms with Crippen LogP contribution in [0.15, 0.2) is 243 Å². The van der Waals surface area contributed by atoms with Gasteiger partial charge in [-0.1, -0.05) is 121 Å². The van der Waals surface area contributed by atoms with Crippen LogP contribution in [0.1, 0.15) is 0 Å². The molecule has 0 aromatic heterocycles. The first-order valence-electron chi connectivity index (χ1n) is 19.5. The summed E-state index contributed by atoms with van der Waals surface area (Å²) in [6.07, 6.45) is 0. The van der Waals surface area contributed by atoms with E-state index in [9.17, 15) is 0 Å². The Hall–Kier alpha value is -6.89. The summed E-state index contributed by atoms with van der Waals surface area (Å²) in [5.74, 6) is 0. The van der Waals surface area contributed by atoms with E-state index in [4.69, 9.17) is 0 Å². The van der Waals surface area contributed by atoms with Crippen molar-refractivity contribution in [3.63, 3.8) is 0 Å². The lowest BCUT2D eigenvalue weighted by Gasteiger charge is -2.26. The third kappa shape index (κ3) is 8.01. The first-order valence-corrected chi connectivity index (χ1v) is 20.5. The van der Waals surface area contributed by atoms with Crippen LogP contribution in [0.5, 0.6) is 0 Å². The Bertz CT molecular complexity index is 2420. The predicted molar refractivity (Wildman–Crippen MR) is 254 cm³/mol. The number of hydrogen-bond acceptors (Lipinski definition) is 3. The SMILES string of the molecule is Ic1ccc(N(c2ccc(-c3ccc(N(c4ccccc4)c4ccccc4)cc3)cc2)c2ccc(-c3ccc(N(c4ccccc4)c4ccccc4)cc3)cc2)cc1. The molecule has 0 spiro atoms. The molecule has 3 nitrogen and oxygen atoms in total. The molecule has 0 saturated carbocycles. The maximum absolute atomic E-state index is 2.37. The molecule has 0 atom stereocenters. The highest BCUT2D eigenvalue weighted by Crippen LogP contribution is 2.40. The predicted octanol–water partition coefficient (Wildman–Crippen LogP) is 16.0. The maximum atomic E-state index is 2.37. The number of para-hydroxylation sites is 4. The topological polar surface area (TPSA) is 9.72 Å². The highest BCUT2D eigenvalue weighted by Gasteiger charge is 2.16. The summed E-state index contributed by atoms with van der Waals surface area (Å²) in [6.45, 7) is 0. The van der Waals surface area contributed by atoms with E-state index in [1.807, 2.05) is 0 Å². The summed E-state index contributed by atoms with van der Waals surface area (Å²) in [6, 6.07) is 86.3. The third-order valence-corrected chi connectivity index (χ3v) is 11.0. The van der Waals surface area contributed by atoms with Gasteiger partial charge in [0.1, 0.15) is 0 Å². The van der Waals surface area contributed by atoms with E-state index in [-0.39, 0.29) is 0 Å². The molecule has 0 unspecified atom stereocenters. The van der Waals surface area contributed by atoms with Gasteiger partial charge in [0, 0.05) is 54.8 Å². The fourth-order valence-corrected chi connectivity index (χ4v) is 7.81. The Kier molecular flexibility index (Phi) is 10.8. The average Bonchev–Trinajstić information content (AvgIpc) is 3.30. The second-order valence-corrected chi connectivity index (χ2v) is 15.3. The van der Waals surface area contributed by atoms with Gasteiger partial charge in [0.25, 0.3) is 0 Å². The van der Waals surface area contributed by atoms with Gasteiger partial charge < -0.3 is 14.7 Å². The largest absolute Gasteiger partial charge is 0.311 e. The number of nitrogens with zero attached hydrogens (tertiary/aromatic N) is 3. The summed E-state index contributed by atoms with van der Waals surface area (Å²) < 4.78 is 1.20. The van der Waals surface area contributed by atoms with E-state index in [1.165, 1.54) is 25.8 Å². The van der Waals surface area contributed by atoms with Crippen molar-refractivity contribution < 1.29 is 0 Å². The molecule has 4 heteroatoms. The van der Waals surface area contributed by atoms with Gasteiger partial charge in [0.2, 0.25) is 0 Å². The molecule has 0 aliphatic heterocycles. The lowest BCUT2D eigenvalue weighted by molar-refractivity contribution is 1.28. The highest BCUT2D eigenvalue weighted by molar-refractivity contribution is 14.1. The van der Waals surface area contributed by atoms with E-state index < -0.39 is 0 Å². The molecule has 0 saturated heterocycles. The summed E-state index contributed by atoms with van der Waals surface area (Å²) in [5, 5.41) is 0. The molecule has 0 heterocycles. The van der Waals surface area contributed by atoms with Crippen molar-refractivity contribution in [3.8, 4) is 22.3 Å². The molecular weight excluding hydrogens is 818 g/mol. The molecular formula is C54H40IN3. The van der Waals surface area contributed by atoms with Gasteiger partial charge in [0.05, 0.1) is 0 Å². The van der Waals surface area contributed by atoms with Gasteiger partial charge in [-0.25, -0.2) is 0 Å². The first kappa shape index (κ1) is 36.7. The van der Waals surface area contributed by atoms with Gasteiger partial charge in [-0.15, -0.1) is 0 Å². The van der Waals surface area contributed by atoms with Gasteiger partial charge >= 0.3 is 0 Å². The lowest BCUT2D eigenvalue weighted by Crippen LogP contribution is -2.10. The van der Waals surface area contributed by atoms with Crippen LogP contribution >= 0.6 is 22.6 Å². The molecule has 58 heavy (non-hydrogen) atoms. The number of anilines is 9. The average molecular weight is 858 g/mol. The van der Waals surface area contributed by atoms with Crippen molar-refractivity contribution in [2.24, 2.45) is 0 Å². The van der Waals surface area contributed by atoms with Crippen LogP contribution < -0.4 is 14.7 Å². The second kappa shape index (κ2) is 17.1. The minimum atomic E-state index is 1.10. The summed E-state index contributed by atoms with van der Waals surface area (Å²) in [7, 11) is 0. The molecule has 9 aromatic carbocycles. The molecule has 0 fully saturated rings. The quantitative estimate of drug-likeness (QED) is 0.120. The van der Waals surface area contributed by atoms with Crippen LogP contribution in [-0.2, 0) is 0 Å². The van der Waals surface area contributed by atoms with Crippen molar-refractivity contribution in [1.29, 1.82) is 0 Å². The van der Waals surface area contributed by atoms with Gasteiger partial charge in [-0.3, -0.25) is 0 Å². The van der Waals surface area contributed by atoms with E-state index in [1.54, 1.807) is 0 Å². The molecule has 0 radical (unpaired) electrons. The fourth-order valence-electron chi connectivity index (χ4n) is 7.45. The van der Waals surface area contributed by atoms with Gasteiger partial charge in [0.15, 0.2) is 0 Å². The molecule has 0 bridgehead atoms. The summed E-state index contributed by atoms with van der Waals surface area (Å²) >= 11 is 2.37. The van der Waals surface area contributed by atoms with Crippen LogP contribution in [0, 0.1) is 3.57 Å². The Balaban J connectivity index is 0.980. The van der Waals surface area contributed by atoms with Crippen molar-refractivity contribution >= 4 is 73.8 Å². The number of benzene rings is 9. The molecule has 9 aromatic rings. The van der Waals surface area contributed by atoms with Gasteiger partial charge in [-0.2, -0.15) is 0 Å². The highest BCUT2D eigenvalue weighted by atomic mass is 127. The zero-order chi connectivity index (χ0) is 39.1. The van der Waals surface area contributed by atoms with E-state index in [0.717, 1.165) is 51.2 Å². The van der Waals surface area contributed by atoms with Crippen LogP contribution in [0.4, 0.5) is 51.2 Å². The first-order chi connectivity index (χ1) is 28.7. The Labute approximate surface area is 354 Å². The van der Waals surface area contributed by atoms with Crippen molar-refractivity contribution in [2.45, 2.75) is 0 Å². The number of hydrogen-bond donors (Lipinski definition) is 0. The lowest BCUT2D eigenvalue weighted by atomic mass is 10.0. The number of rotatable bonds is 11. The van der Waals surface area contributed by atoms with Crippen LogP contribution in [0.2, 0.25) is 0 Å². The second-order valence-electron chi connectivity index (χ2n) is 14.0. The molecule has 0 aliphatic carbocycles. The third-order valence-electron chi connectivity index (χ3n) is 10.3. The normalized spacial score (nSPS) is 10.8. The minimum Gasteiger partial charge on any atom is -0.311 e. The Morgan fingerprint density at radius 3 is 0.569 bits per heavy atom. The summed E-state index contributed by atoms with van der Waals surface area (Å²) in [5.41, 5.74) is 14.7. The van der Waals surface area contributed by atoms with Crippen molar-refractivity contribution in [2.75, 3.05) is 14.7 Å². The summed E-state index contributed by atoms with van der Waals surface area (Å²) in [4.78, 5) is 6.90. The minimum absolute atomic E-state index is 1.10. The van der Waals surface area contributed by atoms with E-state index in [0.29, 0.717) is 0 Å². The van der Waals surface area contributed by atoms with Gasteiger partial charge in [-0.05, 0) is 166 Å². The van der Waals surface area contributed by atoms with E-state index >= 15 is 0 Å². The van der Waals surface area contributed by atoms with E-state index in [2.05, 4.69) is 280 Å². The smallest absolute Gasteiger partial charge is 0.0462 e. The van der Waals surface area contributed by atoms with Crippen LogP contribution in [0.3, 0.4) is 0 Å². The fraction of sp³-hybridized carbons (Fsp3) is 0. The molecule has 9 rings (SSSR count). The van der Waals surface area contributed by atoms with Crippen LogP contribution in [0.25, 0.3) is 22.3 Å². The Morgan fingerprint density at radius 1 is 0.190 bits per heavy atom. The van der Waals surface area contributed by atoms with Crippen molar-refractivity contribution in [1.82, 2.24) is 0 Å². The van der Waals surface area contributed by atoms with Crippen LogP contribution in [-0.4, -0.2) is 0 Å². The molecule has 0 amide bonds. The molecule has 0 aliphatic rings. The zero-order valence-corrected chi connectivity index (χ0v) is 34.0. The Morgan fingerprint density at radius 2 is 0.362 bits per heavy atom. The zero-order valence-electron chi connectivity index (χ0n) is 31.8. The molecule has 0 N–H and O–H groups in total. The molecule has 278 valence electrons.